The molecule has 1 heterocycles. The number of benzene rings is 3. The molecular weight excluding hydrogens is 326 g/mol. The van der Waals surface area contributed by atoms with Crippen molar-refractivity contribution in [3.8, 4) is 0 Å². The van der Waals surface area contributed by atoms with Gasteiger partial charge in [-0.2, -0.15) is 0 Å². The van der Waals surface area contributed by atoms with E-state index in [0.717, 1.165) is 16.7 Å². The summed E-state index contributed by atoms with van der Waals surface area (Å²) in [6.07, 6.45) is 0. The molecule has 0 atom stereocenters. The van der Waals surface area contributed by atoms with Crippen LogP contribution in [0.2, 0.25) is 0 Å². The molecule has 5 nitrogen and oxygen atoms in total. The summed E-state index contributed by atoms with van der Waals surface area (Å²) in [6.45, 7) is 0. The Labute approximate surface area is 150 Å². The minimum Gasteiger partial charge on any atom is -0.358 e. The Morgan fingerprint density at radius 3 is 1.65 bits per heavy atom. The first kappa shape index (κ1) is 15.9. The van der Waals surface area contributed by atoms with E-state index in [1.165, 1.54) is 0 Å². The van der Waals surface area contributed by atoms with Crippen molar-refractivity contribution in [1.82, 2.24) is 0 Å². The third kappa shape index (κ3) is 2.41. The fourth-order valence-corrected chi connectivity index (χ4v) is 3.38. The second-order valence-electron chi connectivity index (χ2n) is 5.96. The molecule has 4 rings (SSSR count). The number of hydrogen-bond acceptors (Lipinski definition) is 4. The molecule has 0 spiro atoms. The number of nitro groups is 1. The van der Waals surface area contributed by atoms with E-state index in [0.29, 0.717) is 5.57 Å². The van der Waals surface area contributed by atoms with E-state index in [4.69, 9.17) is 0 Å². The molecule has 1 aliphatic heterocycles. The van der Waals surface area contributed by atoms with Gasteiger partial charge in [-0.1, -0.05) is 96.1 Å². The van der Waals surface area contributed by atoms with E-state index in [2.05, 4.69) is 10.2 Å². The van der Waals surface area contributed by atoms with Crippen molar-refractivity contribution in [2.24, 2.45) is 10.2 Å². The van der Waals surface area contributed by atoms with Crippen LogP contribution in [-0.4, -0.2) is 4.92 Å². The summed E-state index contributed by atoms with van der Waals surface area (Å²) in [5.41, 5.74) is 1.85. The zero-order valence-corrected chi connectivity index (χ0v) is 13.8. The molecule has 0 fully saturated rings. The Balaban J connectivity index is 2.09. The topological polar surface area (TPSA) is 67.9 Å². The highest BCUT2D eigenvalue weighted by molar-refractivity contribution is 5.81. The second-order valence-corrected chi connectivity index (χ2v) is 5.96. The number of rotatable bonds is 4. The first-order valence-electron chi connectivity index (χ1n) is 8.22. The van der Waals surface area contributed by atoms with E-state index >= 15 is 0 Å². The summed E-state index contributed by atoms with van der Waals surface area (Å²) in [7, 11) is 0. The maximum Gasteiger partial charge on any atom is 0.397 e. The van der Waals surface area contributed by atoms with Crippen LogP contribution in [0, 0.1) is 10.1 Å². The maximum atomic E-state index is 11.7. The quantitative estimate of drug-likeness (QED) is 0.493. The van der Waals surface area contributed by atoms with Crippen LogP contribution in [0.15, 0.2) is 107 Å². The van der Waals surface area contributed by atoms with Crippen LogP contribution in [0.1, 0.15) is 16.7 Å². The SMILES string of the molecule is O=[N+]([O-])C1=C(c2ccccc2)C(c2ccccc2)(c2ccccc2)N=N1. The van der Waals surface area contributed by atoms with Crippen LogP contribution in [0.5, 0.6) is 0 Å². The molecule has 0 radical (unpaired) electrons. The Morgan fingerprint density at radius 2 is 1.19 bits per heavy atom. The molecule has 0 N–H and O–H groups in total. The van der Waals surface area contributed by atoms with Crippen LogP contribution < -0.4 is 0 Å². The third-order valence-corrected chi connectivity index (χ3v) is 4.50. The fraction of sp³-hybridized carbons (Fsp3) is 0.0476. The van der Waals surface area contributed by atoms with Gasteiger partial charge in [0.2, 0.25) is 0 Å². The molecule has 0 saturated carbocycles. The normalized spacial score (nSPS) is 15.2. The highest BCUT2D eigenvalue weighted by Crippen LogP contribution is 2.50. The summed E-state index contributed by atoms with van der Waals surface area (Å²) >= 11 is 0. The van der Waals surface area contributed by atoms with Crippen molar-refractivity contribution in [2.45, 2.75) is 5.54 Å². The molecular formula is C21H15N3O2. The van der Waals surface area contributed by atoms with E-state index in [1.807, 2.05) is 91.0 Å². The van der Waals surface area contributed by atoms with Crippen molar-refractivity contribution in [2.75, 3.05) is 0 Å². The van der Waals surface area contributed by atoms with E-state index in [1.54, 1.807) is 0 Å². The summed E-state index contributed by atoms with van der Waals surface area (Å²) < 4.78 is 0. The lowest BCUT2D eigenvalue weighted by Gasteiger charge is -2.27. The van der Waals surface area contributed by atoms with Crippen LogP contribution in [0.25, 0.3) is 5.57 Å². The molecule has 0 aromatic heterocycles. The van der Waals surface area contributed by atoms with Gasteiger partial charge in [0.15, 0.2) is 5.54 Å². The molecule has 0 bridgehead atoms. The fourth-order valence-electron chi connectivity index (χ4n) is 3.38. The Kier molecular flexibility index (Phi) is 3.89. The molecule has 3 aromatic carbocycles. The maximum absolute atomic E-state index is 11.7. The van der Waals surface area contributed by atoms with Gasteiger partial charge in [0.05, 0.1) is 10.7 Å². The van der Waals surface area contributed by atoms with Gasteiger partial charge in [0.25, 0.3) is 0 Å². The van der Waals surface area contributed by atoms with Crippen LogP contribution in [0.3, 0.4) is 0 Å². The first-order valence-corrected chi connectivity index (χ1v) is 8.22. The van der Waals surface area contributed by atoms with Crippen LogP contribution in [0.4, 0.5) is 0 Å². The second kappa shape index (κ2) is 6.37. The summed E-state index contributed by atoms with van der Waals surface area (Å²) in [5, 5.41) is 20.2. The number of azo groups is 1. The average Bonchev–Trinajstić information content (AvgIpc) is 3.12. The zero-order chi connectivity index (χ0) is 18.0. The van der Waals surface area contributed by atoms with Gasteiger partial charge in [-0.15, -0.1) is 0 Å². The van der Waals surface area contributed by atoms with Gasteiger partial charge in [-0.25, -0.2) is 0 Å². The highest BCUT2D eigenvalue weighted by atomic mass is 16.6. The minimum absolute atomic E-state index is 0.219. The van der Waals surface area contributed by atoms with E-state index < -0.39 is 10.5 Å². The van der Waals surface area contributed by atoms with E-state index in [-0.39, 0.29) is 5.82 Å². The lowest BCUT2D eigenvalue weighted by atomic mass is 9.75. The molecule has 126 valence electrons. The molecule has 26 heavy (non-hydrogen) atoms. The minimum atomic E-state index is -1.05. The Bertz CT molecular complexity index is 958. The smallest absolute Gasteiger partial charge is 0.358 e. The molecule has 0 amide bonds. The number of hydrogen-bond donors (Lipinski definition) is 0. The Hall–Kier alpha value is -3.60. The van der Waals surface area contributed by atoms with Crippen molar-refractivity contribution in [3.63, 3.8) is 0 Å². The van der Waals surface area contributed by atoms with E-state index in [9.17, 15) is 10.1 Å². The summed E-state index contributed by atoms with van der Waals surface area (Å²) in [6, 6.07) is 28.5. The third-order valence-electron chi connectivity index (χ3n) is 4.50. The lowest BCUT2D eigenvalue weighted by Crippen LogP contribution is -2.26. The van der Waals surface area contributed by atoms with Gasteiger partial charge >= 0.3 is 5.82 Å². The summed E-state index contributed by atoms with van der Waals surface area (Å²) in [5.74, 6) is -0.219. The standard InChI is InChI=1S/C21H15N3O2/c25-24(26)20-19(16-10-4-1-5-11-16)21(23-22-20,17-12-6-2-7-13-17)18-14-8-3-9-15-18/h1-15H. The largest absolute Gasteiger partial charge is 0.397 e. The van der Waals surface area contributed by atoms with Crippen molar-refractivity contribution < 1.29 is 4.92 Å². The molecule has 0 aliphatic carbocycles. The summed E-state index contributed by atoms with van der Waals surface area (Å²) in [4.78, 5) is 11.3. The lowest BCUT2D eigenvalue weighted by molar-refractivity contribution is -0.425. The number of nitrogens with zero attached hydrogens (tertiary/aromatic N) is 3. The van der Waals surface area contributed by atoms with Gasteiger partial charge in [-0.05, 0) is 21.6 Å². The first-order chi connectivity index (χ1) is 12.7. The molecule has 5 heteroatoms. The monoisotopic (exact) mass is 341 g/mol. The van der Waals surface area contributed by atoms with Crippen molar-refractivity contribution in [1.29, 1.82) is 0 Å². The predicted octanol–water partition coefficient (Wildman–Crippen LogP) is 5.04. The van der Waals surface area contributed by atoms with Gasteiger partial charge in [0.1, 0.15) is 0 Å². The molecule has 3 aromatic rings. The van der Waals surface area contributed by atoms with Crippen molar-refractivity contribution >= 4 is 5.57 Å². The zero-order valence-electron chi connectivity index (χ0n) is 13.8. The van der Waals surface area contributed by atoms with Crippen LogP contribution >= 0.6 is 0 Å². The predicted molar refractivity (Wildman–Crippen MR) is 98.9 cm³/mol. The Morgan fingerprint density at radius 1 is 0.731 bits per heavy atom. The van der Waals surface area contributed by atoms with Gasteiger partial charge < -0.3 is 10.1 Å². The van der Waals surface area contributed by atoms with Crippen molar-refractivity contribution in [3.05, 3.63) is 124 Å². The van der Waals surface area contributed by atoms with Gasteiger partial charge in [0, 0.05) is 0 Å². The average molecular weight is 341 g/mol. The molecule has 0 unspecified atom stereocenters. The molecule has 1 aliphatic rings. The van der Waals surface area contributed by atoms with Gasteiger partial charge in [-0.3, -0.25) is 0 Å². The van der Waals surface area contributed by atoms with Crippen LogP contribution in [-0.2, 0) is 5.54 Å². The molecule has 0 saturated heterocycles. The highest BCUT2D eigenvalue weighted by Gasteiger charge is 2.50.